The number of hydrogen-bond acceptors (Lipinski definition) is 3. The summed E-state index contributed by atoms with van der Waals surface area (Å²) in [7, 11) is 0.908. The lowest BCUT2D eigenvalue weighted by Gasteiger charge is -2.14. The summed E-state index contributed by atoms with van der Waals surface area (Å²) in [5, 5.41) is 10.3. The number of phenols is 1. The number of phenolic OH excluding ortho intramolecular Hbond substituents is 1. The molecule has 1 N–H and O–H groups in total. The zero-order valence-corrected chi connectivity index (χ0v) is 20.1. The molecule has 0 amide bonds. The fourth-order valence-corrected chi connectivity index (χ4v) is 5.09. The van der Waals surface area contributed by atoms with Crippen LogP contribution >= 0.6 is 40.4 Å². The van der Waals surface area contributed by atoms with Gasteiger partial charge < -0.3 is 9.84 Å². The number of ether oxygens (including phenoxy) is 1. The Balaban J connectivity index is 1.81. The van der Waals surface area contributed by atoms with Gasteiger partial charge >= 0.3 is 0 Å². The molecule has 3 aromatic carbocycles. The Morgan fingerprint density at radius 1 is 1.00 bits per heavy atom. The van der Waals surface area contributed by atoms with E-state index in [0.29, 0.717) is 23.5 Å². The summed E-state index contributed by atoms with van der Waals surface area (Å²) >= 11 is 7.24. The number of halogens is 2. The quantitative estimate of drug-likeness (QED) is 0.243. The second-order valence-electron chi connectivity index (χ2n) is 6.60. The van der Waals surface area contributed by atoms with Gasteiger partial charge in [0.25, 0.3) is 0 Å². The number of rotatable bonds is 8. The van der Waals surface area contributed by atoms with Crippen LogP contribution in [-0.2, 0) is 12.6 Å². The summed E-state index contributed by atoms with van der Waals surface area (Å²) in [6.07, 6.45) is 3.60. The second kappa shape index (κ2) is 10.4. The number of carbonyl (C=O) groups is 1. The van der Waals surface area contributed by atoms with Crippen molar-refractivity contribution in [2.75, 3.05) is 6.16 Å². The van der Waals surface area contributed by atoms with Crippen LogP contribution in [0.15, 0.2) is 63.5 Å². The monoisotopic (exact) mass is 534 g/mol. The van der Waals surface area contributed by atoms with Crippen LogP contribution in [0, 0.1) is 0 Å². The van der Waals surface area contributed by atoms with E-state index >= 15 is 0 Å². The van der Waals surface area contributed by atoms with Crippen LogP contribution in [0.25, 0.3) is 0 Å². The lowest BCUT2D eigenvalue weighted by molar-refractivity contribution is 0.112. The Labute approximate surface area is 189 Å². The van der Waals surface area contributed by atoms with Gasteiger partial charge in [-0.1, -0.05) is 31.2 Å². The summed E-state index contributed by atoms with van der Waals surface area (Å²) in [5.74, 6) is 1.57. The SMILES string of the molecule is CCPCc1cc(Br)c(Oc2ccc(O)c(Cc3ccc(C=O)cc3)c2)c(Br)c1. The maximum Gasteiger partial charge on any atom is 0.155 e. The molecule has 0 aliphatic heterocycles. The van der Waals surface area contributed by atoms with E-state index in [-0.39, 0.29) is 5.75 Å². The summed E-state index contributed by atoms with van der Waals surface area (Å²) < 4.78 is 7.90. The molecule has 0 fully saturated rings. The van der Waals surface area contributed by atoms with Crippen LogP contribution in [0.4, 0.5) is 0 Å². The van der Waals surface area contributed by atoms with Gasteiger partial charge in [-0.25, -0.2) is 0 Å². The predicted molar refractivity (Wildman–Crippen MR) is 127 cm³/mol. The van der Waals surface area contributed by atoms with Crippen LogP contribution in [0.2, 0.25) is 0 Å². The van der Waals surface area contributed by atoms with E-state index in [9.17, 15) is 9.90 Å². The molecular formula is C23H21Br2O3P. The van der Waals surface area contributed by atoms with E-state index in [2.05, 4.69) is 50.9 Å². The highest BCUT2D eigenvalue weighted by atomic mass is 79.9. The first kappa shape index (κ1) is 22.0. The topological polar surface area (TPSA) is 46.5 Å². The second-order valence-corrected chi connectivity index (χ2v) is 9.87. The van der Waals surface area contributed by atoms with E-state index in [1.54, 1.807) is 24.3 Å². The molecule has 1 atom stereocenters. The Hall–Kier alpha value is -1.68. The van der Waals surface area contributed by atoms with Crippen LogP contribution in [0.5, 0.6) is 17.2 Å². The van der Waals surface area contributed by atoms with Crippen molar-refractivity contribution in [1.82, 2.24) is 0 Å². The third kappa shape index (κ3) is 5.91. The lowest BCUT2D eigenvalue weighted by Crippen LogP contribution is -1.93. The largest absolute Gasteiger partial charge is 0.508 e. The molecule has 0 saturated carbocycles. The van der Waals surface area contributed by atoms with E-state index < -0.39 is 0 Å². The number of benzene rings is 3. The highest BCUT2D eigenvalue weighted by molar-refractivity contribution is 9.11. The van der Waals surface area contributed by atoms with Crippen molar-refractivity contribution in [1.29, 1.82) is 0 Å². The average molecular weight is 536 g/mol. The summed E-state index contributed by atoms with van der Waals surface area (Å²) in [6.45, 7) is 2.19. The Bertz CT molecular complexity index is 980. The Morgan fingerprint density at radius 2 is 1.69 bits per heavy atom. The van der Waals surface area contributed by atoms with Crippen molar-refractivity contribution in [3.8, 4) is 17.2 Å². The zero-order valence-electron chi connectivity index (χ0n) is 15.9. The zero-order chi connectivity index (χ0) is 20.8. The van der Waals surface area contributed by atoms with Gasteiger partial charge in [-0.15, -0.1) is 8.58 Å². The number of carbonyl (C=O) groups excluding carboxylic acids is 1. The number of aldehydes is 1. The van der Waals surface area contributed by atoms with E-state index in [1.165, 1.54) is 11.7 Å². The molecule has 0 aliphatic carbocycles. The third-order valence-electron chi connectivity index (χ3n) is 4.42. The van der Waals surface area contributed by atoms with Crippen LogP contribution < -0.4 is 4.74 Å². The lowest BCUT2D eigenvalue weighted by atomic mass is 10.0. The molecular weight excluding hydrogens is 515 g/mol. The molecule has 0 bridgehead atoms. The first-order chi connectivity index (χ1) is 14.0. The molecule has 0 aromatic heterocycles. The summed E-state index contributed by atoms with van der Waals surface area (Å²) in [6, 6.07) is 16.7. The fourth-order valence-electron chi connectivity index (χ4n) is 2.90. The van der Waals surface area contributed by atoms with Gasteiger partial charge in [-0.05, 0) is 85.6 Å². The van der Waals surface area contributed by atoms with Gasteiger partial charge in [0.15, 0.2) is 5.75 Å². The third-order valence-corrected chi connectivity index (χ3v) is 6.75. The smallest absolute Gasteiger partial charge is 0.155 e. The van der Waals surface area contributed by atoms with Crippen LogP contribution in [-0.4, -0.2) is 17.6 Å². The fraction of sp³-hybridized carbons (Fsp3) is 0.174. The predicted octanol–water partition coefficient (Wildman–Crippen LogP) is 7.31. The molecule has 3 rings (SSSR count). The minimum Gasteiger partial charge on any atom is -0.508 e. The number of hydrogen-bond donors (Lipinski definition) is 1. The van der Waals surface area contributed by atoms with Crippen molar-refractivity contribution < 1.29 is 14.6 Å². The van der Waals surface area contributed by atoms with Crippen molar-refractivity contribution in [3.05, 3.63) is 85.8 Å². The molecule has 6 heteroatoms. The van der Waals surface area contributed by atoms with Crippen molar-refractivity contribution in [3.63, 3.8) is 0 Å². The van der Waals surface area contributed by atoms with Crippen molar-refractivity contribution in [2.45, 2.75) is 19.5 Å². The van der Waals surface area contributed by atoms with E-state index in [4.69, 9.17) is 4.74 Å². The van der Waals surface area contributed by atoms with E-state index in [0.717, 1.165) is 41.1 Å². The highest BCUT2D eigenvalue weighted by Crippen LogP contribution is 2.39. The molecule has 3 nitrogen and oxygen atoms in total. The van der Waals surface area contributed by atoms with Gasteiger partial charge in [0.1, 0.15) is 17.8 Å². The maximum atomic E-state index is 10.8. The summed E-state index contributed by atoms with van der Waals surface area (Å²) in [4.78, 5) is 10.8. The molecule has 150 valence electrons. The number of aromatic hydroxyl groups is 1. The van der Waals surface area contributed by atoms with Crippen molar-refractivity contribution in [2.24, 2.45) is 0 Å². The van der Waals surface area contributed by atoms with Gasteiger partial charge in [0, 0.05) is 17.5 Å². The molecule has 3 aromatic rings. The summed E-state index contributed by atoms with van der Waals surface area (Å²) in [5.41, 5.74) is 3.66. The molecule has 0 radical (unpaired) electrons. The minimum absolute atomic E-state index is 0.214. The van der Waals surface area contributed by atoms with Crippen LogP contribution in [0.1, 0.15) is 34.0 Å². The maximum absolute atomic E-state index is 10.8. The highest BCUT2D eigenvalue weighted by Gasteiger charge is 2.12. The van der Waals surface area contributed by atoms with Gasteiger partial charge in [-0.3, -0.25) is 4.79 Å². The van der Waals surface area contributed by atoms with Crippen LogP contribution in [0.3, 0.4) is 0 Å². The average Bonchev–Trinajstić information content (AvgIpc) is 2.72. The first-order valence-electron chi connectivity index (χ1n) is 9.22. The van der Waals surface area contributed by atoms with E-state index in [1.807, 2.05) is 18.2 Å². The van der Waals surface area contributed by atoms with Gasteiger partial charge in [0.2, 0.25) is 0 Å². The first-order valence-corrected chi connectivity index (χ1v) is 12.2. The Kier molecular flexibility index (Phi) is 7.88. The molecule has 1 unspecified atom stereocenters. The molecule has 0 spiro atoms. The normalized spacial score (nSPS) is 11.1. The van der Waals surface area contributed by atoms with Gasteiger partial charge in [-0.2, -0.15) is 0 Å². The molecule has 29 heavy (non-hydrogen) atoms. The molecule has 0 heterocycles. The van der Waals surface area contributed by atoms with Gasteiger partial charge in [0.05, 0.1) is 8.95 Å². The van der Waals surface area contributed by atoms with Crippen molar-refractivity contribution >= 4 is 46.7 Å². The molecule has 0 saturated heterocycles. The standard InChI is InChI=1S/C23H21Br2O3P/c1-2-29-14-17-10-20(24)23(21(25)11-17)28-19-7-8-22(27)18(12-19)9-15-3-5-16(13-26)6-4-15/h3-8,10-13,27,29H,2,9,14H2,1H3. The Morgan fingerprint density at radius 3 is 2.31 bits per heavy atom. The minimum atomic E-state index is 0.214. The molecule has 0 aliphatic rings.